The highest BCUT2D eigenvalue weighted by atomic mass is 79.9. The average Bonchev–Trinajstić information content (AvgIpc) is 3.36. The summed E-state index contributed by atoms with van der Waals surface area (Å²) in [5.74, 6) is -0.467. The molecular formula is C24H28BrN3O4S. The highest BCUT2D eigenvalue weighted by molar-refractivity contribution is 9.10. The van der Waals surface area contributed by atoms with Gasteiger partial charge in [0.15, 0.2) is 0 Å². The predicted molar refractivity (Wildman–Crippen MR) is 130 cm³/mol. The third-order valence-electron chi connectivity index (χ3n) is 6.24. The Morgan fingerprint density at radius 2 is 1.61 bits per heavy atom. The maximum absolute atomic E-state index is 13.0. The van der Waals surface area contributed by atoms with Crippen LogP contribution in [0.1, 0.15) is 31.2 Å². The number of hydrogen-bond donors (Lipinski definition) is 1. The zero-order valence-corrected chi connectivity index (χ0v) is 20.8. The van der Waals surface area contributed by atoms with Gasteiger partial charge in [0.1, 0.15) is 0 Å². The fourth-order valence-corrected chi connectivity index (χ4v) is 6.12. The molecule has 2 heterocycles. The molecule has 0 unspecified atom stereocenters. The predicted octanol–water partition coefficient (Wildman–Crippen LogP) is 3.65. The van der Waals surface area contributed by atoms with Crippen molar-refractivity contribution >= 4 is 43.5 Å². The molecule has 1 N–H and O–H groups in total. The number of piperidine rings is 1. The Labute approximate surface area is 203 Å². The molecule has 0 bridgehead atoms. The van der Waals surface area contributed by atoms with Crippen LogP contribution >= 0.6 is 15.9 Å². The number of nitrogens with zero attached hydrogens (tertiary/aromatic N) is 2. The van der Waals surface area contributed by atoms with Crippen LogP contribution in [0.15, 0.2) is 57.9 Å². The Morgan fingerprint density at radius 1 is 0.939 bits per heavy atom. The van der Waals surface area contributed by atoms with Gasteiger partial charge in [-0.15, -0.1) is 0 Å². The molecular weight excluding hydrogens is 506 g/mol. The molecule has 0 spiro atoms. The number of carbonyl (C=O) groups excluding carboxylic acids is 2. The fourth-order valence-electron chi connectivity index (χ4n) is 4.33. The van der Waals surface area contributed by atoms with Gasteiger partial charge in [-0.25, -0.2) is 8.42 Å². The van der Waals surface area contributed by atoms with E-state index in [4.69, 9.17) is 0 Å². The molecule has 2 aromatic rings. The molecule has 0 saturated carbocycles. The largest absolute Gasteiger partial charge is 0.342 e. The SMILES string of the molecule is O=C(Nc1ccc(CC(=O)N2CCCC2)cc1)[C@@H]1CCCN(S(=O)(=O)c2ccc(Br)cc2)C1. The van der Waals surface area contributed by atoms with Gasteiger partial charge in [-0.2, -0.15) is 4.31 Å². The first-order valence-electron chi connectivity index (χ1n) is 11.3. The van der Waals surface area contributed by atoms with E-state index in [1.54, 1.807) is 36.4 Å². The van der Waals surface area contributed by atoms with Gasteiger partial charge < -0.3 is 10.2 Å². The van der Waals surface area contributed by atoms with Gasteiger partial charge in [0.05, 0.1) is 17.2 Å². The minimum absolute atomic E-state index is 0.138. The van der Waals surface area contributed by atoms with E-state index in [1.165, 1.54) is 4.31 Å². The van der Waals surface area contributed by atoms with Gasteiger partial charge in [0.2, 0.25) is 21.8 Å². The van der Waals surface area contributed by atoms with Crippen LogP contribution < -0.4 is 5.32 Å². The van der Waals surface area contributed by atoms with Crippen molar-refractivity contribution in [2.24, 2.45) is 5.92 Å². The standard InChI is InChI=1S/C24H28BrN3O4S/c25-20-7-11-22(12-8-20)33(31,32)28-15-3-4-19(17-28)24(30)26-21-9-5-18(6-10-21)16-23(29)27-13-1-2-14-27/h5-12,19H,1-4,13-17H2,(H,26,30)/t19-/m1/s1. The fraction of sp³-hybridized carbons (Fsp3) is 0.417. The van der Waals surface area contributed by atoms with E-state index in [9.17, 15) is 18.0 Å². The summed E-state index contributed by atoms with van der Waals surface area (Å²) in [4.78, 5) is 27.3. The topological polar surface area (TPSA) is 86.8 Å². The van der Waals surface area contributed by atoms with Crippen LogP contribution in [0, 0.1) is 5.92 Å². The molecule has 2 saturated heterocycles. The minimum atomic E-state index is -3.65. The summed E-state index contributed by atoms with van der Waals surface area (Å²) in [5, 5.41) is 2.90. The van der Waals surface area contributed by atoms with Crippen LogP contribution in [-0.4, -0.2) is 55.6 Å². The van der Waals surface area contributed by atoms with E-state index >= 15 is 0 Å². The lowest BCUT2D eigenvalue weighted by molar-refractivity contribution is -0.129. The first-order chi connectivity index (χ1) is 15.8. The summed E-state index contributed by atoms with van der Waals surface area (Å²) in [6, 6.07) is 13.8. The summed E-state index contributed by atoms with van der Waals surface area (Å²) in [6.45, 7) is 2.24. The van der Waals surface area contributed by atoms with Gasteiger partial charge in [-0.1, -0.05) is 28.1 Å². The van der Waals surface area contributed by atoms with E-state index < -0.39 is 15.9 Å². The van der Waals surface area contributed by atoms with Crippen molar-refractivity contribution in [3.63, 3.8) is 0 Å². The third-order valence-corrected chi connectivity index (χ3v) is 8.65. The van der Waals surface area contributed by atoms with Gasteiger partial charge in [-0.05, 0) is 67.6 Å². The summed E-state index contributed by atoms with van der Waals surface area (Å²) in [7, 11) is -3.65. The molecule has 2 amide bonds. The Balaban J connectivity index is 1.35. The van der Waals surface area contributed by atoms with Crippen LogP contribution in [0.25, 0.3) is 0 Å². The number of hydrogen-bond acceptors (Lipinski definition) is 4. The van der Waals surface area contributed by atoms with Crippen molar-refractivity contribution in [2.45, 2.75) is 37.0 Å². The van der Waals surface area contributed by atoms with Crippen LogP contribution in [-0.2, 0) is 26.0 Å². The van der Waals surface area contributed by atoms with Crippen molar-refractivity contribution in [2.75, 3.05) is 31.5 Å². The Kier molecular flexibility index (Phi) is 7.51. The van der Waals surface area contributed by atoms with Gasteiger partial charge in [-0.3, -0.25) is 9.59 Å². The number of nitrogens with one attached hydrogen (secondary N) is 1. The van der Waals surface area contributed by atoms with E-state index in [-0.39, 0.29) is 23.3 Å². The molecule has 7 nitrogen and oxygen atoms in total. The zero-order valence-electron chi connectivity index (χ0n) is 18.4. The number of likely N-dealkylation sites (tertiary alicyclic amines) is 1. The van der Waals surface area contributed by atoms with Gasteiger partial charge in [0.25, 0.3) is 0 Å². The lowest BCUT2D eigenvalue weighted by Gasteiger charge is -2.31. The van der Waals surface area contributed by atoms with E-state index in [0.29, 0.717) is 31.5 Å². The van der Waals surface area contributed by atoms with Crippen molar-refractivity contribution < 1.29 is 18.0 Å². The number of anilines is 1. The van der Waals surface area contributed by atoms with Crippen LogP contribution in [0.5, 0.6) is 0 Å². The Bertz CT molecular complexity index is 1100. The molecule has 1 atom stereocenters. The van der Waals surface area contributed by atoms with E-state index in [2.05, 4.69) is 21.2 Å². The normalized spacial score (nSPS) is 19.4. The number of carbonyl (C=O) groups is 2. The quantitative estimate of drug-likeness (QED) is 0.613. The summed E-state index contributed by atoms with van der Waals surface area (Å²) in [6.07, 6.45) is 3.77. The third kappa shape index (κ3) is 5.83. The monoisotopic (exact) mass is 533 g/mol. The molecule has 2 fully saturated rings. The maximum Gasteiger partial charge on any atom is 0.243 e. The summed E-state index contributed by atoms with van der Waals surface area (Å²) in [5.41, 5.74) is 1.56. The number of amides is 2. The number of sulfonamides is 1. The Hall–Kier alpha value is -2.23. The first-order valence-corrected chi connectivity index (χ1v) is 13.5. The van der Waals surface area contributed by atoms with Crippen molar-refractivity contribution in [1.82, 2.24) is 9.21 Å². The molecule has 0 radical (unpaired) electrons. The lowest BCUT2D eigenvalue weighted by atomic mass is 9.98. The molecule has 2 aliphatic heterocycles. The van der Waals surface area contributed by atoms with E-state index in [1.807, 2.05) is 17.0 Å². The van der Waals surface area contributed by atoms with Crippen LogP contribution in [0.3, 0.4) is 0 Å². The Morgan fingerprint density at radius 3 is 2.27 bits per heavy atom. The van der Waals surface area contributed by atoms with Gasteiger partial charge in [0, 0.05) is 36.3 Å². The highest BCUT2D eigenvalue weighted by Gasteiger charge is 2.33. The van der Waals surface area contributed by atoms with Crippen molar-refractivity contribution in [1.29, 1.82) is 0 Å². The average molecular weight is 534 g/mol. The second-order valence-electron chi connectivity index (χ2n) is 8.61. The molecule has 176 valence electrons. The molecule has 9 heteroatoms. The van der Waals surface area contributed by atoms with Crippen LogP contribution in [0.2, 0.25) is 0 Å². The minimum Gasteiger partial charge on any atom is -0.342 e. The molecule has 33 heavy (non-hydrogen) atoms. The van der Waals surface area contributed by atoms with Crippen molar-refractivity contribution in [3.8, 4) is 0 Å². The smallest absolute Gasteiger partial charge is 0.243 e. The number of halogens is 1. The van der Waals surface area contributed by atoms with E-state index in [0.717, 1.165) is 36.0 Å². The molecule has 0 aromatic heterocycles. The van der Waals surface area contributed by atoms with Crippen LogP contribution in [0.4, 0.5) is 5.69 Å². The first kappa shape index (κ1) is 23.9. The lowest BCUT2D eigenvalue weighted by Crippen LogP contribution is -2.43. The molecule has 4 rings (SSSR count). The summed E-state index contributed by atoms with van der Waals surface area (Å²) < 4.78 is 28.2. The van der Waals surface area contributed by atoms with Gasteiger partial charge >= 0.3 is 0 Å². The zero-order chi connectivity index (χ0) is 23.4. The maximum atomic E-state index is 13.0. The summed E-state index contributed by atoms with van der Waals surface area (Å²) >= 11 is 3.32. The second kappa shape index (κ2) is 10.4. The number of benzene rings is 2. The number of rotatable bonds is 6. The molecule has 2 aromatic carbocycles. The highest BCUT2D eigenvalue weighted by Crippen LogP contribution is 2.26. The van der Waals surface area contributed by atoms with Crippen molar-refractivity contribution in [3.05, 3.63) is 58.6 Å². The molecule has 2 aliphatic rings. The molecule has 0 aliphatic carbocycles. The second-order valence-corrected chi connectivity index (χ2v) is 11.5.